The summed E-state index contributed by atoms with van der Waals surface area (Å²) in [5.41, 5.74) is 0.864. The number of fused-ring (bicyclic) bond motifs is 1. The topological polar surface area (TPSA) is 99.6 Å². The third-order valence-electron chi connectivity index (χ3n) is 3.61. The molecular formula is C13H14N2O4S2. The van der Waals surface area contributed by atoms with Gasteiger partial charge in [-0.05, 0) is 25.0 Å². The van der Waals surface area contributed by atoms with Gasteiger partial charge < -0.3 is 10.1 Å². The molecule has 0 aromatic carbocycles. The Labute approximate surface area is 125 Å². The number of carboxylic acids is 1. The van der Waals surface area contributed by atoms with Gasteiger partial charge in [-0.25, -0.2) is 4.21 Å². The van der Waals surface area contributed by atoms with Crippen molar-refractivity contribution in [2.45, 2.75) is 12.8 Å². The van der Waals surface area contributed by atoms with Crippen molar-refractivity contribution in [3.8, 4) is 0 Å². The maximum Gasteiger partial charge on any atom is 0.306 e. The summed E-state index contributed by atoms with van der Waals surface area (Å²) < 4.78 is 17.4. The van der Waals surface area contributed by atoms with Gasteiger partial charge in [-0.2, -0.15) is 4.36 Å². The van der Waals surface area contributed by atoms with Gasteiger partial charge in [0, 0.05) is 17.7 Å². The van der Waals surface area contributed by atoms with E-state index in [9.17, 15) is 13.8 Å². The van der Waals surface area contributed by atoms with Crippen LogP contribution in [0, 0.1) is 5.92 Å². The molecule has 6 nitrogen and oxygen atoms in total. The van der Waals surface area contributed by atoms with Crippen LogP contribution in [0.15, 0.2) is 22.7 Å². The van der Waals surface area contributed by atoms with Gasteiger partial charge in [0.2, 0.25) is 0 Å². The van der Waals surface area contributed by atoms with E-state index in [0.717, 1.165) is 10.2 Å². The predicted octanol–water partition coefficient (Wildman–Crippen LogP) is 2.33. The monoisotopic (exact) mass is 326 g/mol. The molecule has 1 fully saturated rings. The fourth-order valence-corrected chi connectivity index (χ4v) is 5.45. The Morgan fingerprint density at radius 2 is 2.10 bits per heavy atom. The van der Waals surface area contributed by atoms with Gasteiger partial charge in [-0.3, -0.25) is 9.59 Å². The van der Waals surface area contributed by atoms with Crippen molar-refractivity contribution in [1.82, 2.24) is 4.98 Å². The number of nitrogens with one attached hydrogen (secondary N) is 1. The molecule has 3 rings (SSSR count). The zero-order valence-corrected chi connectivity index (χ0v) is 12.7. The molecule has 3 heterocycles. The van der Waals surface area contributed by atoms with E-state index < -0.39 is 27.5 Å². The van der Waals surface area contributed by atoms with Gasteiger partial charge in [0.25, 0.3) is 5.91 Å². The van der Waals surface area contributed by atoms with Crippen molar-refractivity contribution in [1.29, 1.82) is 0 Å². The Balaban J connectivity index is 1.81. The smallest absolute Gasteiger partial charge is 0.306 e. The number of aliphatic carboxylic acids is 1. The third kappa shape index (κ3) is 2.86. The molecule has 2 aromatic rings. The van der Waals surface area contributed by atoms with Crippen LogP contribution >= 0.6 is 11.3 Å². The summed E-state index contributed by atoms with van der Waals surface area (Å²) in [5, 5.41) is 8.93. The molecule has 1 aliphatic rings. The van der Waals surface area contributed by atoms with E-state index in [2.05, 4.69) is 9.35 Å². The number of aromatic nitrogens is 1. The van der Waals surface area contributed by atoms with Crippen molar-refractivity contribution >= 4 is 43.2 Å². The second-order valence-corrected chi connectivity index (χ2v) is 8.68. The molecule has 21 heavy (non-hydrogen) atoms. The maximum atomic E-state index is 12.5. The quantitative estimate of drug-likeness (QED) is 0.884. The normalized spacial score (nSPS) is 25.8. The number of rotatable bonds is 2. The van der Waals surface area contributed by atoms with Gasteiger partial charge in [-0.15, -0.1) is 11.3 Å². The molecule has 1 aliphatic heterocycles. The summed E-state index contributed by atoms with van der Waals surface area (Å²) in [5.74, 6) is -1.44. The minimum atomic E-state index is -2.62. The van der Waals surface area contributed by atoms with Crippen LogP contribution < -0.4 is 0 Å². The summed E-state index contributed by atoms with van der Waals surface area (Å²) >= 11 is 1.31. The van der Waals surface area contributed by atoms with Crippen LogP contribution in [-0.4, -0.2) is 37.7 Å². The van der Waals surface area contributed by atoms with E-state index in [1.165, 1.54) is 11.3 Å². The van der Waals surface area contributed by atoms with E-state index in [0.29, 0.717) is 17.7 Å². The Bertz CT molecular complexity index is 784. The Hall–Kier alpha value is -1.67. The van der Waals surface area contributed by atoms with Gasteiger partial charge in [0.05, 0.1) is 30.7 Å². The minimum absolute atomic E-state index is 0.180. The molecule has 8 heteroatoms. The number of hydrogen-bond donors (Lipinski definition) is 2. The lowest BCUT2D eigenvalue weighted by atomic mass is 10.0. The number of aromatic amines is 1. The molecule has 0 aliphatic carbocycles. The van der Waals surface area contributed by atoms with E-state index >= 15 is 0 Å². The van der Waals surface area contributed by atoms with Crippen LogP contribution in [0.4, 0.5) is 0 Å². The molecule has 112 valence electrons. The van der Waals surface area contributed by atoms with E-state index in [1.807, 2.05) is 6.07 Å². The molecule has 0 radical (unpaired) electrons. The second-order valence-electron chi connectivity index (χ2n) is 5.06. The lowest BCUT2D eigenvalue weighted by molar-refractivity contribution is -0.141. The highest BCUT2D eigenvalue weighted by molar-refractivity contribution is 7.93. The molecule has 2 N–H and O–H groups in total. The molecular weight excluding hydrogens is 312 g/mol. The van der Waals surface area contributed by atoms with Crippen molar-refractivity contribution in [3.63, 3.8) is 0 Å². The number of nitrogens with zero attached hydrogens (tertiary/aromatic N) is 1. The lowest BCUT2D eigenvalue weighted by Gasteiger charge is -2.20. The van der Waals surface area contributed by atoms with Crippen LogP contribution in [0.1, 0.15) is 22.5 Å². The average molecular weight is 326 g/mol. The zero-order chi connectivity index (χ0) is 15.0. The van der Waals surface area contributed by atoms with Gasteiger partial charge >= 0.3 is 5.97 Å². The lowest BCUT2D eigenvalue weighted by Crippen LogP contribution is -2.28. The van der Waals surface area contributed by atoms with E-state index in [4.69, 9.17) is 5.11 Å². The SMILES string of the molecule is O=C(N=S1(=O)CCC(C(=O)O)CC1)c1cc2[nH]ccc2s1. The highest BCUT2D eigenvalue weighted by Crippen LogP contribution is 2.26. The first-order valence-electron chi connectivity index (χ1n) is 6.53. The first-order valence-corrected chi connectivity index (χ1v) is 9.20. The van der Waals surface area contributed by atoms with E-state index in [1.54, 1.807) is 12.3 Å². The average Bonchev–Trinajstić information content (AvgIpc) is 2.99. The van der Waals surface area contributed by atoms with Crippen molar-refractivity contribution in [3.05, 3.63) is 23.2 Å². The van der Waals surface area contributed by atoms with Crippen molar-refractivity contribution in [2.75, 3.05) is 11.5 Å². The second kappa shape index (κ2) is 5.27. The first kappa shape index (κ1) is 14.3. The molecule has 1 saturated heterocycles. The van der Waals surface area contributed by atoms with Crippen molar-refractivity contribution < 1.29 is 18.9 Å². The van der Waals surface area contributed by atoms with Crippen LogP contribution in [0.3, 0.4) is 0 Å². The molecule has 2 aromatic heterocycles. The summed E-state index contributed by atoms with van der Waals surface area (Å²) in [7, 11) is -2.62. The first-order chi connectivity index (χ1) is 9.97. The number of carbonyl (C=O) groups is 2. The standard InChI is InChI=1S/C13H14N2O4S2/c16-12(11-7-9-10(20-11)1-4-14-9)15-21(19)5-2-8(3-6-21)13(17)18/h1,4,7-8,14H,2-3,5-6H2,(H,17,18). The summed E-state index contributed by atoms with van der Waals surface area (Å²) in [4.78, 5) is 26.5. The maximum absolute atomic E-state index is 12.5. The fourth-order valence-electron chi connectivity index (χ4n) is 2.39. The molecule has 0 saturated carbocycles. The summed E-state index contributed by atoms with van der Waals surface area (Å²) in [6, 6.07) is 3.58. The molecule has 0 bridgehead atoms. The number of carboxylic acid groups (broad SMARTS) is 1. The number of amides is 1. The highest BCUT2D eigenvalue weighted by Gasteiger charge is 2.28. The van der Waals surface area contributed by atoms with Gasteiger partial charge in [0.15, 0.2) is 0 Å². The van der Waals surface area contributed by atoms with Gasteiger partial charge in [-0.1, -0.05) is 0 Å². The Morgan fingerprint density at radius 1 is 1.38 bits per heavy atom. The zero-order valence-electron chi connectivity index (χ0n) is 11.1. The number of thiophene rings is 1. The predicted molar refractivity (Wildman–Crippen MR) is 81.2 cm³/mol. The fraction of sp³-hybridized carbons (Fsp3) is 0.385. The van der Waals surface area contributed by atoms with Crippen LogP contribution in [0.2, 0.25) is 0 Å². The van der Waals surface area contributed by atoms with Gasteiger partial charge in [0.1, 0.15) is 0 Å². The summed E-state index contributed by atoms with van der Waals surface area (Å²) in [6.45, 7) is 0. The van der Waals surface area contributed by atoms with Crippen LogP contribution in [0.25, 0.3) is 10.2 Å². The Kier molecular flexibility index (Phi) is 3.58. The van der Waals surface area contributed by atoms with Crippen LogP contribution in [0.5, 0.6) is 0 Å². The molecule has 1 amide bonds. The largest absolute Gasteiger partial charge is 0.481 e. The third-order valence-corrected chi connectivity index (χ3v) is 6.95. The van der Waals surface area contributed by atoms with Crippen LogP contribution in [-0.2, 0) is 14.5 Å². The summed E-state index contributed by atoms with van der Waals surface area (Å²) in [6.07, 6.45) is 2.42. The molecule has 0 unspecified atom stereocenters. The number of hydrogen-bond acceptors (Lipinski definition) is 4. The van der Waals surface area contributed by atoms with E-state index in [-0.39, 0.29) is 11.5 Å². The molecule has 0 atom stereocenters. The number of H-pyrrole nitrogens is 1. The Morgan fingerprint density at radius 3 is 2.71 bits per heavy atom. The highest BCUT2D eigenvalue weighted by atomic mass is 32.2. The van der Waals surface area contributed by atoms with Crippen molar-refractivity contribution in [2.24, 2.45) is 10.3 Å². The molecule has 0 spiro atoms. The minimum Gasteiger partial charge on any atom is -0.481 e. The number of carbonyl (C=O) groups excluding carboxylic acids is 1.